The van der Waals surface area contributed by atoms with Crippen LogP contribution in [-0.4, -0.2) is 48.0 Å². The molecule has 0 atom stereocenters. The van der Waals surface area contributed by atoms with Crippen molar-refractivity contribution in [3.05, 3.63) is 12.2 Å². The molecule has 0 bridgehead atoms. The summed E-state index contributed by atoms with van der Waals surface area (Å²) < 4.78 is 10.7. The Kier molecular flexibility index (Phi) is 6.82. The van der Waals surface area contributed by atoms with Crippen molar-refractivity contribution in [3.63, 3.8) is 0 Å². The van der Waals surface area contributed by atoms with E-state index in [9.17, 15) is 14.4 Å². The van der Waals surface area contributed by atoms with Gasteiger partial charge in [-0.15, -0.1) is 0 Å². The third-order valence-corrected chi connectivity index (χ3v) is 4.56. The van der Waals surface area contributed by atoms with Gasteiger partial charge < -0.3 is 14.4 Å². The lowest BCUT2D eigenvalue weighted by Crippen LogP contribution is -2.54. The quantitative estimate of drug-likeness (QED) is 0.569. The Bertz CT molecular complexity index is 488. The fourth-order valence-electron chi connectivity index (χ4n) is 3.01. The van der Waals surface area contributed by atoms with E-state index in [1.54, 1.807) is 4.90 Å². The van der Waals surface area contributed by atoms with Gasteiger partial charge in [-0.1, -0.05) is 25.8 Å². The number of likely N-dealkylation sites (tertiary alicyclic amines) is 1. The average molecular weight is 337 g/mol. The van der Waals surface area contributed by atoms with Crippen molar-refractivity contribution in [1.29, 1.82) is 0 Å². The number of carbonyl (C=O) groups is 3. The van der Waals surface area contributed by atoms with Crippen molar-refractivity contribution in [2.45, 2.75) is 70.5 Å². The van der Waals surface area contributed by atoms with Gasteiger partial charge in [0.2, 0.25) is 5.91 Å². The SMILES string of the molecule is C=C(CC(=O)OC1CCCCCCC1)C(=O)OC1CN(C(C)=O)C1. The lowest BCUT2D eigenvalue weighted by Gasteiger charge is -2.37. The summed E-state index contributed by atoms with van der Waals surface area (Å²) in [6.07, 6.45) is 7.08. The van der Waals surface area contributed by atoms with Gasteiger partial charge in [0.1, 0.15) is 12.2 Å². The molecule has 0 spiro atoms. The molecule has 0 aromatic rings. The lowest BCUT2D eigenvalue weighted by atomic mass is 9.98. The van der Waals surface area contributed by atoms with Crippen molar-refractivity contribution in [2.24, 2.45) is 0 Å². The summed E-state index contributed by atoms with van der Waals surface area (Å²) in [7, 11) is 0. The Morgan fingerprint density at radius 3 is 2.12 bits per heavy atom. The zero-order valence-electron chi connectivity index (χ0n) is 14.4. The van der Waals surface area contributed by atoms with Crippen LogP contribution in [-0.2, 0) is 23.9 Å². The largest absolute Gasteiger partial charge is 0.462 e. The number of ether oxygens (including phenoxy) is 2. The minimum atomic E-state index is -0.585. The summed E-state index contributed by atoms with van der Waals surface area (Å²) in [6, 6.07) is 0. The molecular formula is C18H27NO5. The van der Waals surface area contributed by atoms with Crippen LogP contribution in [0.25, 0.3) is 0 Å². The van der Waals surface area contributed by atoms with E-state index in [0.29, 0.717) is 13.1 Å². The first-order chi connectivity index (χ1) is 11.5. The van der Waals surface area contributed by atoms with Crippen LogP contribution in [0, 0.1) is 0 Å². The van der Waals surface area contributed by atoms with Gasteiger partial charge in [-0.25, -0.2) is 4.79 Å². The number of esters is 2. The molecule has 1 aliphatic carbocycles. The topological polar surface area (TPSA) is 72.9 Å². The molecular weight excluding hydrogens is 310 g/mol. The summed E-state index contributed by atoms with van der Waals surface area (Å²) >= 11 is 0. The first-order valence-corrected chi connectivity index (χ1v) is 8.79. The number of nitrogens with zero attached hydrogens (tertiary/aromatic N) is 1. The van der Waals surface area contributed by atoms with Crippen LogP contribution in [0.4, 0.5) is 0 Å². The molecule has 134 valence electrons. The lowest BCUT2D eigenvalue weighted by molar-refractivity contribution is -0.160. The highest BCUT2D eigenvalue weighted by atomic mass is 16.6. The van der Waals surface area contributed by atoms with Crippen molar-refractivity contribution in [3.8, 4) is 0 Å². The van der Waals surface area contributed by atoms with Gasteiger partial charge in [-0.05, 0) is 25.7 Å². The van der Waals surface area contributed by atoms with Crippen molar-refractivity contribution >= 4 is 17.8 Å². The molecule has 1 aliphatic heterocycles. The van der Waals surface area contributed by atoms with E-state index in [0.717, 1.165) is 25.7 Å². The Labute approximate surface area is 143 Å². The van der Waals surface area contributed by atoms with Gasteiger partial charge in [0, 0.05) is 12.5 Å². The minimum Gasteiger partial charge on any atom is -0.462 e. The molecule has 24 heavy (non-hydrogen) atoms. The Morgan fingerprint density at radius 1 is 0.958 bits per heavy atom. The second-order valence-corrected chi connectivity index (χ2v) is 6.69. The maximum absolute atomic E-state index is 12.0. The number of amides is 1. The number of carbonyl (C=O) groups excluding carboxylic acids is 3. The van der Waals surface area contributed by atoms with Gasteiger partial charge >= 0.3 is 11.9 Å². The number of rotatable bonds is 5. The Morgan fingerprint density at radius 2 is 1.54 bits per heavy atom. The first-order valence-electron chi connectivity index (χ1n) is 8.79. The van der Waals surface area contributed by atoms with Gasteiger partial charge in [-0.2, -0.15) is 0 Å². The van der Waals surface area contributed by atoms with Crippen LogP contribution in [0.3, 0.4) is 0 Å². The molecule has 1 amide bonds. The molecule has 1 saturated carbocycles. The smallest absolute Gasteiger partial charge is 0.334 e. The predicted octanol–water partition coefficient (Wildman–Crippen LogP) is 2.36. The molecule has 0 aromatic heterocycles. The monoisotopic (exact) mass is 337 g/mol. The second-order valence-electron chi connectivity index (χ2n) is 6.69. The van der Waals surface area contributed by atoms with E-state index in [2.05, 4.69) is 6.58 Å². The van der Waals surface area contributed by atoms with Crippen molar-refractivity contribution in [1.82, 2.24) is 4.90 Å². The molecule has 1 saturated heterocycles. The van der Waals surface area contributed by atoms with Crippen LogP contribution in [0.2, 0.25) is 0 Å². The molecule has 2 rings (SSSR count). The Balaban J connectivity index is 1.67. The fourth-order valence-corrected chi connectivity index (χ4v) is 3.01. The highest BCUT2D eigenvalue weighted by molar-refractivity contribution is 5.93. The highest BCUT2D eigenvalue weighted by Crippen LogP contribution is 2.21. The summed E-state index contributed by atoms with van der Waals surface area (Å²) in [4.78, 5) is 36.6. The van der Waals surface area contributed by atoms with Gasteiger partial charge in [-0.3, -0.25) is 9.59 Å². The van der Waals surface area contributed by atoms with E-state index in [-0.39, 0.29) is 30.1 Å². The van der Waals surface area contributed by atoms with E-state index in [1.807, 2.05) is 0 Å². The zero-order chi connectivity index (χ0) is 17.5. The van der Waals surface area contributed by atoms with E-state index in [1.165, 1.54) is 26.2 Å². The molecule has 0 unspecified atom stereocenters. The van der Waals surface area contributed by atoms with E-state index in [4.69, 9.17) is 9.47 Å². The molecule has 6 heteroatoms. The summed E-state index contributed by atoms with van der Waals surface area (Å²) in [5.41, 5.74) is 0.104. The molecule has 0 radical (unpaired) electrons. The maximum Gasteiger partial charge on any atom is 0.334 e. The highest BCUT2D eigenvalue weighted by Gasteiger charge is 2.32. The molecule has 0 aromatic carbocycles. The van der Waals surface area contributed by atoms with Crippen LogP contribution >= 0.6 is 0 Å². The van der Waals surface area contributed by atoms with Crippen LogP contribution in [0.5, 0.6) is 0 Å². The summed E-state index contributed by atoms with van der Waals surface area (Å²) in [5, 5.41) is 0. The third kappa shape index (κ3) is 5.65. The average Bonchev–Trinajstić information content (AvgIpc) is 2.44. The van der Waals surface area contributed by atoms with Gasteiger partial charge in [0.25, 0.3) is 0 Å². The van der Waals surface area contributed by atoms with Gasteiger partial charge in [0.05, 0.1) is 19.5 Å². The number of hydrogen-bond donors (Lipinski definition) is 0. The predicted molar refractivity (Wildman–Crippen MR) is 88.1 cm³/mol. The minimum absolute atomic E-state index is 0.0381. The summed E-state index contributed by atoms with van der Waals surface area (Å²) in [5.74, 6) is -1.04. The van der Waals surface area contributed by atoms with Crippen LogP contribution < -0.4 is 0 Å². The second kappa shape index (κ2) is 8.85. The maximum atomic E-state index is 12.0. The van der Waals surface area contributed by atoms with E-state index < -0.39 is 11.9 Å². The van der Waals surface area contributed by atoms with Crippen LogP contribution in [0.15, 0.2) is 12.2 Å². The van der Waals surface area contributed by atoms with E-state index >= 15 is 0 Å². The summed E-state index contributed by atoms with van der Waals surface area (Å²) in [6.45, 7) is 5.91. The first kappa shape index (κ1) is 18.5. The molecule has 1 heterocycles. The normalized spacial score (nSPS) is 19.6. The fraction of sp³-hybridized carbons (Fsp3) is 0.722. The van der Waals surface area contributed by atoms with Crippen LogP contribution in [0.1, 0.15) is 58.3 Å². The van der Waals surface area contributed by atoms with Crippen molar-refractivity contribution < 1.29 is 23.9 Å². The zero-order valence-corrected chi connectivity index (χ0v) is 14.4. The Hall–Kier alpha value is -1.85. The molecule has 2 fully saturated rings. The third-order valence-electron chi connectivity index (χ3n) is 4.56. The molecule has 6 nitrogen and oxygen atoms in total. The molecule has 0 N–H and O–H groups in total. The standard InChI is InChI=1S/C18H27NO5/c1-13(18(22)24-16-11-19(12-16)14(2)20)10-17(21)23-15-8-6-4-3-5-7-9-15/h15-16H,1,3-12H2,2H3. The van der Waals surface area contributed by atoms with Crippen molar-refractivity contribution in [2.75, 3.05) is 13.1 Å². The van der Waals surface area contributed by atoms with Gasteiger partial charge in [0.15, 0.2) is 0 Å². The molecule has 2 aliphatic rings. The number of hydrogen-bond acceptors (Lipinski definition) is 5.